The van der Waals surface area contributed by atoms with E-state index in [0.29, 0.717) is 5.25 Å². The molecule has 0 radical (unpaired) electrons. The second-order valence-electron chi connectivity index (χ2n) is 3.71. The van der Waals surface area contributed by atoms with Crippen molar-refractivity contribution in [3.05, 3.63) is 12.4 Å². The molecule has 0 aliphatic rings. The molecule has 15 heavy (non-hydrogen) atoms. The van der Waals surface area contributed by atoms with Crippen LogP contribution in [-0.2, 0) is 6.54 Å². The van der Waals surface area contributed by atoms with E-state index >= 15 is 0 Å². The van der Waals surface area contributed by atoms with E-state index in [1.807, 2.05) is 24.2 Å². The molecule has 0 aromatic carbocycles. The minimum Gasteiger partial charge on any atom is -0.356 e. The van der Waals surface area contributed by atoms with Crippen LogP contribution in [0, 0.1) is 0 Å². The quantitative estimate of drug-likeness (QED) is 0.777. The monoisotopic (exact) mass is 227 g/mol. The number of anilines is 1. The average molecular weight is 227 g/mol. The maximum absolute atomic E-state index is 4.30. The van der Waals surface area contributed by atoms with Gasteiger partial charge in [0.1, 0.15) is 0 Å². The zero-order valence-electron chi connectivity index (χ0n) is 9.86. The van der Waals surface area contributed by atoms with Crippen molar-refractivity contribution in [3.63, 3.8) is 0 Å². The maximum Gasteiger partial charge on any atom is 0.202 e. The van der Waals surface area contributed by atoms with Crippen LogP contribution in [0.2, 0.25) is 0 Å². The van der Waals surface area contributed by atoms with Crippen LogP contribution < -0.4 is 5.32 Å². The summed E-state index contributed by atoms with van der Waals surface area (Å²) in [6.07, 6.45) is 8.37. The largest absolute Gasteiger partial charge is 0.356 e. The molecule has 1 heterocycles. The number of aromatic nitrogens is 2. The van der Waals surface area contributed by atoms with Gasteiger partial charge in [0.2, 0.25) is 5.95 Å². The summed E-state index contributed by atoms with van der Waals surface area (Å²) >= 11 is 1.91. The van der Waals surface area contributed by atoms with Crippen molar-refractivity contribution < 1.29 is 0 Å². The van der Waals surface area contributed by atoms with Gasteiger partial charge in [-0.05, 0) is 19.1 Å². The van der Waals surface area contributed by atoms with Gasteiger partial charge >= 0.3 is 0 Å². The molecule has 3 nitrogen and oxygen atoms in total. The number of nitrogens with zero attached hydrogens (tertiary/aromatic N) is 2. The van der Waals surface area contributed by atoms with E-state index in [-0.39, 0.29) is 0 Å². The molecule has 86 valence electrons. The highest BCUT2D eigenvalue weighted by atomic mass is 32.2. The van der Waals surface area contributed by atoms with Crippen LogP contribution in [0.3, 0.4) is 0 Å². The lowest BCUT2D eigenvalue weighted by molar-refractivity contribution is 0.680. The standard InChI is InChI=1S/C11H21N3S/c1-4-8-14-9-7-13-11(14)12-6-5-10(2)15-3/h7,9-10H,4-6,8H2,1-3H3,(H,12,13). The van der Waals surface area contributed by atoms with Gasteiger partial charge in [-0.2, -0.15) is 11.8 Å². The van der Waals surface area contributed by atoms with Crippen molar-refractivity contribution in [2.24, 2.45) is 0 Å². The molecule has 0 spiro atoms. The highest BCUT2D eigenvalue weighted by Crippen LogP contribution is 2.10. The third kappa shape index (κ3) is 4.16. The molecule has 0 bridgehead atoms. The molecule has 0 saturated carbocycles. The van der Waals surface area contributed by atoms with Gasteiger partial charge in [-0.1, -0.05) is 13.8 Å². The molecule has 0 amide bonds. The molecule has 4 heteroatoms. The Labute approximate surface area is 96.7 Å². The number of aryl methyl sites for hydroxylation is 1. The van der Waals surface area contributed by atoms with Gasteiger partial charge < -0.3 is 9.88 Å². The number of rotatable bonds is 7. The van der Waals surface area contributed by atoms with Crippen LogP contribution in [0.1, 0.15) is 26.7 Å². The second kappa shape index (κ2) is 6.77. The fourth-order valence-electron chi connectivity index (χ4n) is 1.40. The van der Waals surface area contributed by atoms with Gasteiger partial charge in [0.25, 0.3) is 0 Å². The fourth-order valence-corrected chi connectivity index (χ4v) is 1.76. The molecule has 1 aromatic rings. The van der Waals surface area contributed by atoms with E-state index in [1.165, 1.54) is 6.42 Å². The van der Waals surface area contributed by atoms with Crippen LogP contribution in [0.15, 0.2) is 12.4 Å². The van der Waals surface area contributed by atoms with Gasteiger partial charge in [0.05, 0.1) is 0 Å². The molecule has 1 unspecified atom stereocenters. The summed E-state index contributed by atoms with van der Waals surface area (Å²) in [6, 6.07) is 0. The molecule has 0 aliphatic heterocycles. The Bertz CT molecular complexity index is 273. The van der Waals surface area contributed by atoms with E-state index in [4.69, 9.17) is 0 Å². The first-order chi connectivity index (χ1) is 7.27. The number of hydrogen-bond donors (Lipinski definition) is 1. The molecule has 1 N–H and O–H groups in total. The second-order valence-corrected chi connectivity index (χ2v) is 4.98. The summed E-state index contributed by atoms with van der Waals surface area (Å²) in [5.74, 6) is 1.00. The molecular weight excluding hydrogens is 206 g/mol. The topological polar surface area (TPSA) is 29.9 Å². The predicted octanol–water partition coefficient (Wildman–Crippen LogP) is 2.85. The smallest absolute Gasteiger partial charge is 0.202 e. The summed E-state index contributed by atoms with van der Waals surface area (Å²) < 4.78 is 2.17. The van der Waals surface area contributed by atoms with Crippen LogP contribution >= 0.6 is 11.8 Å². The molecule has 0 saturated heterocycles. The Morgan fingerprint density at radius 1 is 1.60 bits per heavy atom. The van der Waals surface area contributed by atoms with E-state index in [9.17, 15) is 0 Å². The summed E-state index contributed by atoms with van der Waals surface area (Å²) in [7, 11) is 0. The van der Waals surface area contributed by atoms with Crippen molar-refractivity contribution in [1.82, 2.24) is 9.55 Å². The van der Waals surface area contributed by atoms with Crippen molar-refractivity contribution in [2.75, 3.05) is 18.1 Å². The number of thioether (sulfide) groups is 1. The van der Waals surface area contributed by atoms with Crippen molar-refractivity contribution in [2.45, 2.75) is 38.5 Å². The van der Waals surface area contributed by atoms with Crippen molar-refractivity contribution in [3.8, 4) is 0 Å². The van der Waals surface area contributed by atoms with Gasteiger partial charge in [0, 0.05) is 30.7 Å². The minimum absolute atomic E-state index is 0.715. The number of imidazole rings is 1. The van der Waals surface area contributed by atoms with Crippen LogP contribution in [0.25, 0.3) is 0 Å². The van der Waals surface area contributed by atoms with Crippen molar-refractivity contribution >= 4 is 17.7 Å². The lowest BCUT2D eigenvalue weighted by Gasteiger charge is -2.11. The van der Waals surface area contributed by atoms with Gasteiger partial charge in [-0.3, -0.25) is 0 Å². The normalized spacial score (nSPS) is 12.7. The predicted molar refractivity (Wildman–Crippen MR) is 68.6 cm³/mol. The summed E-state index contributed by atoms with van der Waals surface area (Å²) in [4.78, 5) is 4.30. The van der Waals surface area contributed by atoms with Gasteiger partial charge in [-0.15, -0.1) is 0 Å². The number of hydrogen-bond acceptors (Lipinski definition) is 3. The molecular formula is C11H21N3S. The fraction of sp³-hybridized carbons (Fsp3) is 0.727. The van der Waals surface area contributed by atoms with Crippen LogP contribution in [0.5, 0.6) is 0 Å². The highest BCUT2D eigenvalue weighted by Gasteiger charge is 2.02. The summed E-state index contributed by atoms with van der Waals surface area (Å²) in [5, 5.41) is 4.10. The third-order valence-corrected chi connectivity index (χ3v) is 3.46. The SMILES string of the molecule is CCCn1ccnc1NCCC(C)SC. The van der Waals surface area contributed by atoms with Gasteiger partial charge in [-0.25, -0.2) is 4.98 Å². The summed E-state index contributed by atoms with van der Waals surface area (Å²) in [6.45, 7) is 6.48. The zero-order chi connectivity index (χ0) is 11.1. The summed E-state index contributed by atoms with van der Waals surface area (Å²) in [5.41, 5.74) is 0. The minimum atomic E-state index is 0.715. The Morgan fingerprint density at radius 2 is 2.40 bits per heavy atom. The molecule has 0 aliphatic carbocycles. The van der Waals surface area contributed by atoms with E-state index in [2.05, 4.69) is 35.0 Å². The van der Waals surface area contributed by atoms with Crippen LogP contribution in [-0.4, -0.2) is 27.6 Å². The van der Waals surface area contributed by atoms with Crippen LogP contribution in [0.4, 0.5) is 5.95 Å². The maximum atomic E-state index is 4.30. The van der Waals surface area contributed by atoms with Gasteiger partial charge in [0.15, 0.2) is 0 Å². The Morgan fingerprint density at radius 3 is 3.07 bits per heavy atom. The first-order valence-electron chi connectivity index (χ1n) is 5.55. The van der Waals surface area contributed by atoms with Crippen molar-refractivity contribution in [1.29, 1.82) is 0 Å². The lowest BCUT2D eigenvalue weighted by Crippen LogP contribution is -2.11. The third-order valence-electron chi connectivity index (χ3n) is 2.42. The average Bonchev–Trinajstić information content (AvgIpc) is 2.66. The highest BCUT2D eigenvalue weighted by molar-refractivity contribution is 7.99. The number of nitrogens with one attached hydrogen (secondary N) is 1. The van der Waals surface area contributed by atoms with E-state index in [1.54, 1.807) is 0 Å². The molecule has 0 fully saturated rings. The first kappa shape index (κ1) is 12.4. The van der Waals surface area contributed by atoms with E-state index < -0.39 is 0 Å². The first-order valence-corrected chi connectivity index (χ1v) is 6.84. The zero-order valence-corrected chi connectivity index (χ0v) is 10.7. The van der Waals surface area contributed by atoms with E-state index in [0.717, 1.165) is 25.5 Å². The Hall–Kier alpha value is -0.640. The molecule has 1 aromatic heterocycles. The Kier molecular flexibility index (Phi) is 5.61. The molecule has 1 rings (SSSR count). The Balaban J connectivity index is 2.33. The molecule has 1 atom stereocenters. The lowest BCUT2D eigenvalue weighted by atomic mass is 10.3.